The van der Waals surface area contributed by atoms with Crippen LogP contribution in [0.5, 0.6) is 0 Å². The molecule has 38 heavy (non-hydrogen) atoms. The topological polar surface area (TPSA) is 236 Å². The Kier molecular flexibility index (Phi) is 9.54. The van der Waals surface area contributed by atoms with E-state index in [4.69, 9.17) is 5.73 Å². The number of fused-ring (bicyclic) bond motifs is 1. The maximum Gasteiger partial charge on any atom is 0.326 e. The van der Waals surface area contributed by atoms with Crippen LogP contribution in [0.15, 0.2) is 43.0 Å². The lowest BCUT2D eigenvalue weighted by atomic mass is 10.0. The van der Waals surface area contributed by atoms with Gasteiger partial charge in [0.15, 0.2) is 0 Å². The van der Waals surface area contributed by atoms with Crippen LogP contribution in [0.3, 0.4) is 0 Å². The molecule has 0 saturated carbocycles. The normalized spacial score (nSPS) is 15.2. The number of carbonyl (C=O) groups is 4. The van der Waals surface area contributed by atoms with E-state index in [0.717, 1.165) is 10.9 Å². The number of hydrogen-bond acceptors (Lipinski definition) is 8. The van der Waals surface area contributed by atoms with Crippen LogP contribution in [0.1, 0.15) is 18.2 Å². The molecule has 3 rings (SSSR count). The molecule has 0 radical (unpaired) electrons. The number of carboxylic acids is 1. The molecule has 0 fully saturated rings. The Balaban J connectivity index is 1.82. The van der Waals surface area contributed by atoms with Crippen LogP contribution in [0, 0.1) is 0 Å². The van der Waals surface area contributed by atoms with E-state index in [1.54, 1.807) is 12.3 Å². The SMILES string of the molecule is CC(O)C(N)C(=O)NC(CO)C(=O)NC(Cc1c[nH]c2ccccc12)C(=O)NC(Cc1cnc[nH]1)C(=O)O. The van der Waals surface area contributed by atoms with Crippen LogP contribution in [0.4, 0.5) is 0 Å². The monoisotopic (exact) mass is 529 g/mol. The summed E-state index contributed by atoms with van der Waals surface area (Å²) in [7, 11) is 0. The molecule has 0 bridgehead atoms. The average molecular weight is 530 g/mol. The summed E-state index contributed by atoms with van der Waals surface area (Å²) >= 11 is 0. The summed E-state index contributed by atoms with van der Waals surface area (Å²) in [4.78, 5) is 60.0. The summed E-state index contributed by atoms with van der Waals surface area (Å²) in [6.45, 7) is 0.477. The quantitative estimate of drug-likeness (QED) is 0.118. The van der Waals surface area contributed by atoms with Crippen LogP contribution < -0.4 is 21.7 Å². The van der Waals surface area contributed by atoms with E-state index in [-0.39, 0.29) is 12.8 Å². The van der Waals surface area contributed by atoms with Crippen molar-refractivity contribution in [1.82, 2.24) is 30.9 Å². The molecule has 1 aromatic carbocycles. The lowest BCUT2D eigenvalue weighted by Crippen LogP contribution is -2.59. The zero-order chi connectivity index (χ0) is 27.8. The Bertz CT molecular complexity index is 1260. The molecule has 14 nitrogen and oxygen atoms in total. The molecular weight excluding hydrogens is 498 g/mol. The Morgan fingerprint density at radius 3 is 2.26 bits per heavy atom. The summed E-state index contributed by atoms with van der Waals surface area (Å²) in [6.07, 6.45) is 3.16. The maximum absolute atomic E-state index is 13.3. The van der Waals surface area contributed by atoms with Gasteiger partial charge in [-0.15, -0.1) is 0 Å². The Hall–Kier alpha value is -4.27. The third-order valence-electron chi connectivity index (χ3n) is 5.96. The molecule has 5 unspecified atom stereocenters. The highest BCUT2D eigenvalue weighted by Gasteiger charge is 2.31. The molecular formula is C24H31N7O7. The van der Waals surface area contributed by atoms with Crippen LogP contribution >= 0.6 is 0 Å². The Labute approximate surface area is 217 Å². The van der Waals surface area contributed by atoms with Crippen LogP contribution in [0.2, 0.25) is 0 Å². The van der Waals surface area contributed by atoms with Gasteiger partial charge < -0.3 is 47.0 Å². The van der Waals surface area contributed by atoms with Gasteiger partial charge in [0.1, 0.15) is 24.2 Å². The molecule has 0 aliphatic heterocycles. The number of carbonyl (C=O) groups excluding carboxylic acids is 3. The van der Waals surface area contributed by atoms with Crippen molar-refractivity contribution in [2.24, 2.45) is 5.73 Å². The van der Waals surface area contributed by atoms with Crippen molar-refractivity contribution < 1.29 is 34.5 Å². The molecule has 204 valence electrons. The second-order valence-electron chi connectivity index (χ2n) is 8.82. The lowest BCUT2D eigenvalue weighted by molar-refractivity contribution is -0.142. The molecule has 0 saturated heterocycles. The van der Waals surface area contributed by atoms with Crippen molar-refractivity contribution in [3.63, 3.8) is 0 Å². The highest BCUT2D eigenvalue weighted by Crippen LogP contribution is 2.19. The van der Waals surface area contributed by atoms with Gasteiger partial charge in [0, 0.05) is 41.8 Å². The molecule has 0 aliphatic carbocycles. The fourth-order valence-electron chi connectivity index (χ4n) is 3.77. The van der Waals surface area contributed by atoms with Crippen molar-refractivity contribution in [2.75, 3.05) is 6.61 Å². The first-order chi connectivity index (χ1) is 18.1. The second kappa shape index (κ2) is 12.8. The second-order valence-corrected chi connectivity index (χ2v) is 8.82. The fraction of sp³-hybridized carbons (Fsp3) is 0.375. The first kappa shape index (κ1) is 28.3. The third kappa shape index (κ3) is 7.15. The van der Waals surface area contributed by atoms with E-state index in [1.807, 2.05) is 18.2 Å². The van der Waals surface area contributed by atoms with E-state index in [2.05, 4.69) is 30.9 Å². The molecule has 5 atom stereocenters. The number of nitrogens with two attached hydrogens (primary N) is 1. The molecule has 0 aliphatic rings. The summed E-state index contributed by atoms with van der Waals surface area (Å²) in [5, 5.41) is 36.8. The number of benzene rings is 1. The largest absolute Gasteiger partial charge is 0.480 e. The number of nitrogens with one attached hydrogen (secondary N) is 5. The van der Waals surface area contributed by atoms with E-state index in [1.165, 1.54) is 19.4 Å². The number of aromatic amines is 2. The predicted octanol–water partition coefficient (Wildman–Crippen LogP) is -2.08. The Morgan fingerprint density at radius 2 is 1.63 bits per heavy atom. The molecule has 10 N–H and O–H groups in total. The number of nitrogens with zero attached hydrogens (tertiary/aromatic N) is 1. The number of para-hydroxylation sites is 1. The zero-order valence-electron chi connectivity index (χ0n) is 20.5. The van der Waals surface area contributed by atoms with Crippen molar-refractivity contribution in [2.45, 2.75) is 50.0 Å². The van der Waals surface area contributed by atoms with Gasteiger partial charge in [0.05, 0.1) is 19.0 Å². The van der Waals surface area contributed by atoms with E-state index < -0.39 is 60.6 Å². The minimum absolute atomic E-state index is 0.0305. The molecule has 0 spiro atoms. The van der Waals surface area contributed by atoms with Gasteiger partial charge in [-0.1, -0.05) is 18.2 Å². The summed E-state index contributed by atoms with van der Waals surface area (Å²) in [5.41, 5.74) is 7.53. The number of hydrogen-bond donors (Lipinski definition) is 9. The van der Waals surface area contributed by atoms with Crippen LogP contribution in [0.25, 0.3) is 10.9 Å². The highest BCUT2D eigenvalue weighted by molar-refractivity contribution is 5.95. The number of aliphatic hydroxyl groups excluding tert-OH is 2. The average Bonchev–Trinajstić information content (AvgIpc) is 3.55. The minimum atomic E-state index is -1.48. The number of carboxylic acid groups (broad SMARTS) is 1. The number of H-pyrrole nitrogens is 2. The van der Waals surface area contributed by atoms with Crippen LogP contribution in [-0.2, 0) is 32.0 Å². The van der Waals surface area contributed by atoms with Gasteiger partial charge >= 0.3 is 5.97 Å². The van der Waals surface area contributed by atoms with Crippen LogP contribution in [-0.4, -0.2) is 90.8 Å². The summed E-state index contributed by atoms with van der Waals surface area (Å²) in [6, 6.07) is 1.86. The van der Waals surface area contributed by atoms with Gasteiger partial charge in [-0.2, -0.15) is 0 Å². The van der Waals surface area contributed by atoms with Crippen molar-refractivity contribution >= 4 is 34.6 Å². The summed E-state index contributed by atoms with van der Waals surface area (Å²) < 4.78 is 0. The summed E-state index contributed by atoms with van der Waals surface area (Å²) in [5.74, 6) is -3.87. The van der Waals surface area contributed by atoms with E-state index in [9.17, 15) is 34.5 Å². The molecule has 2 heterocycles. The van der Waals surface area contributed by atoms with Crippen molar-refractivity contribution in [1.29, 1.82) is 0 Å². The highest BCUT2D eigenvalue weighted by atomic mass is 16.4. The van der Waals surface area contributed by atoms with E-state index >= 15 is 0 Å². The predicted molar refractivity (Wildman–Crippen MR) is 134 cm³/mol. The van der Waals surface area contributed by atoms with Gasteiger partial charge in [-0.25, -0.2) is 9.78 Å². The number of aromatic nitrogens is 3. The number of imidazole rings is 1. The fourth-order valence-corrected chi connectivity index (χ4v) is 3.77. The smallest absolute Gasteiger partial charge is 0.326 e. The zero-order valence-corrected chi connectivity index (χ0v) is 20.5. The first-order valence-corrected chi connectivity index (χ1v) is 11.8. The molecule has 3 amide bonds. The number of aliphatic carboxylic acids is 1. The number of amides is 3. The van der Waals surface area contributed by atoms with Gasteiger partial charge in [0.2, 0.25) is 17.7 Å². The van der Waals surface area contributed by atoms with E-state index in [0.29, 0.717) is 11.3 Å². The minimum Gasteiger partial charge on any atom is -0.480 e. The molecule has 2 aromatic heterocycles. The number of aliphatic hydroxyl groups is 2. The van der Waals surface area contributed by atoms with Crippen molar-refractivity contribution in [3.8, 4) is 0 Å². The maximum atomic E-state index is 13.3. The van der Waals surface area contributed by atoms with Crippen molar-refractivity contribution in [3.05, 3.63) is 54.2 Å². The Morgan fingerprint density at radius 1 is 0.974 bits per heavy atom. The third-order valence-corrected chi connectivity index (χ3v) is 5.96. The van der Waals surface area contributed by atoms with Gasteiger partial charge in [-0.05, 0) is 18.6 Å². The van der Waals surface area contributed by atoms with Gasteiger partial charge in [0.25, 0.3) is 0 Å². The molecule has 14 heteroatoms. The standard InChI is InChI=1S/C24H31N7O7/c1-12(33)20(25)23(36)31-19(10-32)22(35)29-17(6-13-8-27-16-5-3-2-4-15(13)16)21(34)30-18(24(37)38)7-14-9-26-11-28-14/h2-5,8-9,11-12,17-20,27,32-33H,6-7,10,25H2,1H3,(H,26,28)(H,29,35)(H,30,34)(H,31,36)(H,37,38). The lowest BCUT2D eigenvalue weighted by Gasteiger charge is -2.24. The molecule has 3 aromatic rings. The number of rotatable bonds is 13. The van der Waals surface area contributed by atoms with Gasteiger partial charge in [-0.3, -0.25) is 14.4 Å². The first-order valence-electron chi connectivity index (χ1n) is 11.8.